The summed E-state index contributed by atoms with van der Waals surface area (Å²) in [7, 11) is 3.14. The highest BCUT2D eigenvalue weighted by Gasteiger charge is 2.25. The molecule has 0 unspecified atom stereocenters. The molecule has 0 radical (unpaired) electrons. The third-order valence-electron chi connectivity index (χ3n) is 5.36. The molecule has 2 aromatic rings. The Morgan fingerprint density at radius 2 is 1.77 bits per heavy atom. The summed E-state index contributed by atoms with van der Waals surface area (Å²) in [6.07, 6.45) is 2.12. The van der Waals surface area contributed by atoms with Crippen LogP contribution >= 0.6 is 0 Å². The molecular weight excluding hydrogens is 382 g/mol. The van der Waals surface area contributed by atoms with Gasteiger partial charge in [-0.2, -0.15) is 0 Å². The second-order valence-electron chi connectivity index (χ2n) is 7.39. The molecule has 0 saturated carbocycles. The molecule has 1 saturated heterocycles. The average molecular weight is 412 g/mol. The lowest BCUT2D eigenvalue weighted by molar-refractivity contribution is -0.122. The summed E-state index contributed by atoms with van der Waals surface area (Å²) in [6.45, 7) is 1.80. The Morgan fingerprint density at radius 3 is 2.43 bits per heavy atom. The van der Waals surface area contributed by atoms with Gasteiger partial charge in [-0.15, -0.1) is 0 Å². The van der Waals surface area contributed by atoms with Crippen molar-refractivity contribution in [3.63, 3.8) is 0 Å². The van der Waals surface area contributed by atoms with Gasteiger partial charge in [0.05, 0.1) is 19.9 Å². The van der Waals surface area contributed by atoms with Crippen LogP contribution in [0.1, 0.15) is 24.8 Å². The molecule has 0 bridgehead atoms. The van der Waals surface area contributed by atoms with E-state index in [9.17, 15) is 9.59 Å². The topological polar surface area (TPSA) is 79.9 Å². The number of nitrogens with zero attached hydrogens (tertiary/aromatic N) is 1. The zero-order valence-corrected chi connectivity index (χ0v) is 17.5. The minimum Gasteiger partial charge on any atom is -0.497 e. The first-order chi connectivity index (χ1) is 14.6. The molecule has 1 heterocycles. The Balaban J connectivity index is 1.43. The van der Waals surface area contributed by atoms with Gasteiger partial charge in [-0.05, 0) is 36.5 Å². The van der Waals surface area contributed by atoms with Crippen molar-refractivity contribution >= 4 is 17.6 Å². The minimum absolute atomic E-state index is 0.0599. The molecule has 0 spiro atoms. The van der Waals surface area contributed by atoms with Crippen molar-refractivity contribution in [3.05, 3.63) is 54.1 Å². The van der Waals surface area contributed by atoms with E-state index in [1.54, 1.807) is 37.3 Å². The first-order valence-electron chi connectivity index (χ1n) is 10.2. The second-order valence-corrected chi connectivity index (χ2v) is 7.39. The molecular formula is C23H29N3O4. The zero-order valence-electron chi connectivity index (χ0n) is 17.5. The molecule has 1 fully saturated rings. The number of amides is 3. The monoisotopic (exact) mass is 411 g/mol. The van der Waals surface area contributed by atoms with Gasteiger partial charge >= 0.3 is 6.03 Å². The van der Waals surface area contributed by atoms with Crippen LogP contribution in [-0.2, 0) is 11.3 Å². The maximum atomic E-state index is 12.6. The summed E-state index contributed by atoms with van der Waals surface area (Å²) in [5.41, 5.74) is 1.69. The number of anilines is 1. The number of benzene rings is 2. The number of methoxy groups -OCH3 is 2. The summed E-state index contributed by atoms with van der Waals surface area (Å²) < 4.78 is 10.5. The Bertz CT molecular complexity index is 849. The maximum absolute atomic E-state index is 12.6. The Morgan fingerprint density at radius 1 is 1.03 bits per heavy atom. The van der Waals surface area contributed by atoms with Crippen LogP contribution in [0.5, 0.6) is 11.5 Å². The Labute approximate surface area is 177 Å². The van der Waals surface area contributed by atoms with Crippen molar-refractivity contribution in [1.82, 2.24) is 10.2 Å². The highest BCUT2D eigenvalue weighted by molar-refractivity contribution is 5.91. The first kappa shape index (κ1) is 21.5. The van der Waals surface area contributed by atoms with E-state index in [2.05, 4.69) is 10.6 Å². The molecule has 7 heteroatoms. The highest BCUT2D eigenvalue weighted by atomic mass is 16.5. The molecule has 160 valence electrons. The molecule has 30 heavy (non-hydrogen) atoms. The van der Waals surface area contributed by atoms with Crippen LogP contribution in [0.2, 0.25) is 0 Å². The van der Waals surface area contributed by atoms with Crippen LogP contribution < -0.4 is 20.1 Å². The lowest BCUT2D eigenvalue weighted by Gasteiger charge is -2.32. The van der Waals surface area contributed by atoms with Gasteiger partial charge in [-0.25, -0.2) is 4.79 Å². The predicted octanol–water partition coefficient (Wildman–Crippen LogP) is 3.65. The normalized spacial score (nSPS) is 14.1. The molecule has 0 atom stereocenters. The van der Waals surface area contributed by atoms with Gasteiger partial charge in [-0.3, -0.25) is 4.79 Å². The van der Waals surface area contributed by atoms with E-state index in [4.69, 9.17) is 9.47 Å². The van der Waals surface area contributed by atoms with Gasteiger partial charge < -0.3 is 25.0 Å². The molecule has 2 N–H and O–H groups in total. The fourth-order valence-corrected chi connectivity index (χ4v) is 3.57. The van der Waals surface area contributed by atoms with Crippen molar-refractivity contribution in [2.24, 2.45) is 5.92 Å². The molecule has 3 rings (SSSR count). The summed E-state index contributed by atoms with van der Waals surface area (Å²) in [4.78, 5) is 26.6. The number of hydrogen-bond donors (Lipinski definition) is 2. The molecule has 1 aliphatic rings. The lowest BCUT2D eigenvalue weighted by atomic mass is 9.93. The third kappa shape index (κ3) is 5.89. The van der Waals surface area contributed by atoms with Gasteiger partial charge in [0, 0.05) is 32.1 Å². The van der Waals surface area contributed by atoms with Crippen LogP contribution in [0.15, 0.2) is 48.5 Å². The van der Waals surface area contributed by atoms with Gasteiger partial charge in [0.1, 0.15) is 11.5 Å². The number of nitrogens with one attached hydrogen (secondary N) is 2. The van der Waals surface area contributed by atoms with Crippen LogP contribution in [0.4, 0.5) is 10.5 Å². The number of likely N-dealkylation sites (tertiary alicyclic amines) is 1. The molecule has 7 nitrogen and oxygen atoms in total. The van der Waals surface area contributed by atoms with Crippen LogP contribution in [-0.4, -0.2) is 44.1 Å². The molecule has 1 aliphatic heterocycles. The van der Waals surface area contributed by atoms with Crippen LogP contribution in [0.25, 0.3) is 0 Å². The van der Waals surface area contributed by atoms with E-state index in [0.717, 1.165) is 18.4 Å². The number of urea groups is 1. The van der Waals surface area contributed by atoms with Crippen LogP contribution in [0, 0.1) is 5.92 Å². The van der Waals surface area contributed by atoms with E-state index in [0.29, 0.717) is 49.2 Å². The number of carbonyl (C=O) groups excluding carboxylic acids is 2. The SMILES string of the molecule is COc1ccc(NC(=O)N2CCC(CC(=O)NCc3ccccc3)CC2)c(OC)c1. The van der Waals surface area contributed by atoms with Crippen molar-refractivity contribution in [2.75, 3.05) is 32.6 Å². The van der Waals surface area contributed by atoms with Crippen molar-refractivity contribution < 1.29 is 19.1 Å². The van der Waals surface area contributed by atoms with Gasteiger partial charge in [0.15, 0.2) is 0 Å². The lowest BCUT2D eigenvalue weighted by Crippen LogP contribution is -2.41. The molecule has 3 amide bonds. The molecule has 0 aliphatic carbocycles. The fraction of sp³-hybridized carbons (Fsp3) is 0.391. The standard InChI is InChI=1S/C23H29N3O4/c1-29-19-8-9-20(21(15-19)30-2)25-23(28)26-12-10-17(11-13-26)14-22(27)24-16-18-6-4-3-5-7-18/h3-9,15,17H,10-14,16H2,1-2H3,(H,24,27)(H,25,28). The van der Waals surface area contributed by atoms with E-state index in [-0.39, 0.29) is 11.9 Å². The third-order valence-corrected chi connectivity index (χ3v) is 5.36. The fourth-order valence-electron chi connectivity index (χ4n) is 3.57. The van der Waals surface area contributed by atoms with Gasteiger partial charge in [-0.1, -0.05) is 30.3 Å². The summed E-state index contributed by atoms with van der Waals surface area (Å²) in [6, 6.07) is 15.0. The summed E-state index contributed by atoms with van der Waals surface area (Å²) in [5.74, 6) is 1.56. The predicted molar refractivity (Wildman–Crippen MR) is 116 cm³/mol. The molecule has 2 aromatic carbocycles. The number of rotatable bonds is 7. The van der Waals surface area contributed by atoms with Crippen molar-refractivity contribution in [2.45, 2.75) is 25.8 Å². The highest BCUT2D eigenvalue weighted by Crippen LogP contribution is 2.29. The molecule has 0 aromatic heterocycles. The van der Waals surface area contributed by atoms with Gasteiger partial charge in [0.25, 0.3) is 0 Å². The zero-order chi connectivity index (χ0) is 21.3. The number of hydrogen-bond acceptors (Lipinski definition) is 4. The van der Waals surface area contributed by atoms with E-state index in [1.165, 1.54) is 0 Å². The quantitative estimate of drug-likeness (QED) is 0.729. The summed E-state index contributed by atoms with van der Waals surface area (Å²) in [5, 5.41) is 5.88. The largest absolute Gasteiger partial charge is 0.497 e. The van der Waals surface area contributed by atoms with Gasteiger partial charge in [0.2, 0.25) is 5.91 Å². The van der Waals surface area contributed by atoms with E-state index in [1.807, 2.05) is 30.3 Å². The number of piperidine rings is 1. The Kier molecular flexibility index (Phi) is 7.54. The average Bonchev–Trinajstić information content (AvgIpc) is 2.79. The van der Waals surface area contributed by atoms with Crippen molar-refractivity contribution in [3.8, 4) is 11.5 Å². The number of carbonyl (C=O) groups is 2. The first-order valence-corrected chi connectivity index (χ1v) is 10.2. The van der Waals surface area contributed by atoms with E-state index >= 15 is 0 Å². The van der Waals surface area contributed by atoms with Crippen molar-refractivity contribution in [1.29, 1.82) is 0 Å². The smallest absolute Gasteiger partial charge is 0.321 e. The Hall–Kier alpha value is -3.22. The maximum Gasteiger partial charge on any atom is 0.321 e. The minimum atomic E-state index is -0.162. The van der Waals surface area contributed by atoms with E-state index < -0.39 is 0 Å². The number of ether oxygens (including phenoxy) is 2. The second kappa shape index (κ2) is 10.5. The summed E-state index contributed by atoms with van der Waals surface area (Å²) >= 11 is 0. The van der Waals surface area contributed by atoms with Crippen LogP contribution in [0.3, 0.4) is 0 Å².